The van der Waals surface area contributed by atoms with E-state index in [4.69, 9.17) is 5.11 Å². The van der Waals surface area contributed by atoms with Gasteiger partial charge in [-0.3, -0.25) is 0 Å². The molecule has 0 aliphatic heterocycles. The van der Waals surface area contributed by atoms with Crippen molar-refractivity contribution in [3.8, 4) is 5.75 Å². The lowest BCUT2D eigenvalue weighted by atomic mass is 10.2. The van der Waals surface area contributed by atoms with Gasteiger partial charge in [-0.2, -0.15) is 0 Å². The summed E-state index contributed by atoms with van der Waals surface area (Å²) in [5.74, 6) is 0.506. The smallest absolute Gasteiger partial charge is 0.191 e. The number of guanidine groups is 1. The second-order valence-electron chi connectivity index (χ2n) is 4.94. The van der Waals surface area contributed by atoms with E-state index >= 15 is 0 Å². The Balaban J connectivity index is 0.00000200. The normalized spacial score (nSPS) is 21.1. The zero-order valence-electron chi connectivity index (χ0n) is 11.7. The molecule has 0 radical (unpaired) electrons. The predicted molar refractivity (Wildman–Crippen MR) is 89.0 cm³/mol. The summed E-state index contributed by atoms with van der Waals surface area (Å²) in [5.41, 5.74) is 0.733. The molecule has 0 spiro atoms. The number of phenols is 1. The van der Waals surface area contributed by atoms with Gasteiger partial charge >= 0.3 is 0 Å². The Hall–Kier alpha value is -1.05. The molecular formula is C14H21FIN3O. The van der Waals surface area contributed by atoms with Crippen LogP contribution in [-0.4, -0.2) is 23.7 Å². The standard InChI is InChI=1S/C14H20FN3O.HI/c1-3-16-14(18-12-6-9(12)2)17-8-10-4-5-13(19)11(15)7-10;/h4-5,7,9,12,19H,3,6,8H2,1-2H3,(H2,16,17,18);1H. The Morgan fingerprint density at radius 3 is 2.75 bits per heavy atom. The number of nitrogens with one attached hydrogen (secondary N) is 2. The van der Waals surface area contributed by atoms with Crippen LogP contribution < -0.4 is 10.6 Å². The monoisotopic (exact) mass is 393 g/mol. The Labute approximate surface area is 135 Å². The number of halogens is 2. The molecule has 0 amide bonds. The molecule has 20 heavy (non-hydrogen) atoms. The SMILES string of the molecule is CCNC(=NCc1ccc(O)c(F)c1)NC1CC1C.I. The first-order valence-corrected chi connectivity index (χ1v) is 6.62. The minimum Gasteiger partial charge on any atom is -0.505 e. The lowest BCUT2D eigenvalue weighted by Gasteiger charge is -2.10. The molecule has 0 heterocycles. The van der Waals surface area contributed by atoms with Crippen LogP contribution in [0.4, 0.5) is 4.39 Å². The van der Waals surface area contributed by atoms with Gasteiger partial charge in [-0.15, -0.1) is 24.0 Å². The number of hydrogen-bond donors (Lipinski definition) is 3. The van der Waals surface area contributed by atoms with Crippen molar-refractivity contribution < 1.29 is 9.50 Å². The fourth-order valence-corrected chi connectivity index (χ4v) is 1.84. The summed E-state index contributed by atoms with van der Waals surface area (Å²) in [7, 11) is 0. The van der Waals surface area contributed by atoms with E-state index in [-0.39, 0.29) is 29.7 Å². The highest BCUT2D eigenvalue weighted by Gasteiger charge is 2.33. The maximum atomic E-state index is 13.2. The van der Waals surface area contributed by atoms with Gasteiger partial charge in [0.25, 0.3) is 0 Å². The van der Waals surface area contributed by atoms with E-state index in [0.717, 1.165) is 24.5 Å². The van der Waals surface area contributed by atoms with E-state index in [1.807, 2.05) is 6.92 Å². The Morgan fingerprint density at radius 2 is 2.20 bits per heavy atom. The molecule has 2 rings (SSSR count). The Morgan fingerprint density at radius 1 is 1.50 bits per heavy atom. The van der Waals surface area contributed by atoms with E-state index < -0.39 is 5.82 Å². The quantitative estimate of drug-likeness (QED) is 0.419. The molecule has 1 saturated carbocycles. The van der Waals surface area contributed by atoms with Crippen LogP contribution in [0.15, 0.2) is 23.2 Å². The van der Waals surface area contributed by atoms with Gasteiger partial charge in [-0.1, -0.05) is 13.0 Å². The average Bonchev–Trinajstić information content (AvgIpc) is 3.06. The molecule has 2 unspecified atom stereocenters. The summed E-state index contributed by atoms with van der Waals surface area (Å²) in [6.07, 6.45) is 1.16. The number of nitrogens with zero attached hydrogens (tertiary/aromatic N) is 1. The van der Waals surface area contributed by atoms with Crippen molar-refractivity contribution in [2.45, 2.75) is 32.9 Å². The van der Waals surface area contributed by atoms with Gasteiger partial charge in [0, 0.05) is 12.6 Å². The molecule has 1 fully saturated rings. The Kier molecular flexibility index (Phi) is 6.51. The third kappa shape index (κ3) is 4.81. The second-order valence-corrected chi connectivity index (χ2v) is 4.94. The first kappa shape index (κ1) is 17.0. The molecule has 0 bridgehead atoms. The molecular weight excluding hydrogens is 372 g/mol. The van der Waals surface area contributed by atoms with E-state index in [0.29, 0.717) is 18.5 Å². The second kappa shape index (κ2) is 7.66. The molecule has 1 aromatic carbocycles. The number of aliphatic imine (C=N–C) groups is 1. The Bertz CT molecular complexity index is 481. The zero-order chi connectivity index (χ0) is 13.8. The number of phenolic OH excluding ortho intramolecular Hbond substituents is 1. The van der Waals surface area contributed by atoms with E-state index in [2.05, 4.69) is 22.5 Å². The van der Waals surface area contributed by atoms with Crippen LogP contribution in [0.5, 0.6) is 5.75 Å². The van der Waals surface area contributed by atoms with E-state index in [1.54, 1.807) is 6.07 Å². The zero-order valence-corrected chi connectivity index (χ0v) is 14.0. The van der Waals surface area contributed by atoms with Crippen molar-refractivity contribution in [2.75, 3.05) is 6.54 Å². The first-order chi connectivity index (χ1) is 9.10. The maximum absolute atomic E-state index is 13.2. The fourth-order valence-electron chi connectivity index (χ4n) is 1.84. The largest absolute Gasteiger partial charge is 0.505 e. The number of rotatable bonds is 4. The molecule has 1 aliphatic rings. The van der Waals surface area contributed by atoms with Crippen LogP contribution >= 0.6 is 24.0 Å². The van der Waals surface area contributed by atoms with Gasteiger partial charge in [0.2, 0.25) is 0 Å². The predicted octanol–water partition coefficient (Wildman–Crippen LogP) is 2.61. The van der Waals surface area contributed by atoms with Crippen LogP contribution in [0.2, 0.25) is 0 Å². The third-order valence-corrected chi connectivity index (χ3v) is 3.21. The van der Waals surface area contributed by atoms with Crippen LogP contribution in [0, 0.1) is 11.7 Å². The molecule has 0 saturated heterocycles. The van der Waals surface area contributed by atoms with E-state index in [9.17, 15) is 4.39 Å². The molecule has 2 atom stereocenters. The topological polar surface area (TPSA) is 56.7 Å². The maximum Gasteiger partial charge on any atom is 0.191 e. The molecule has 6 heteroatoms. The lowest BCUT2D eigenvalue weighted by molar-refractivity contribution is 0.432. The number of hydrogen-bond acceptors (Lipinski definition) is 2. The molecule has 1 aromatic rings. The van der Waals surface area contributed by atoms with Crippen molar-refractivity contribution in [1.29, 1.82) is 0 Å². The average molecular weight is 393 g/mol. The van der Waals surface area contributed by atoms with Crippen molar-refractivity contribution in [1.82, 2.24) is 10.6 Å². The molecule has 4 nitrogen and oxygen atoms in total. The van der Waals surface area contributed by atoms with Gasteiger partial charge in [-0.05, 0) is 37.0 Å². The van der Waals surface area contributed by atoms with E-state index in [1.165, 1.54) is 12.1 Å². The van der Waals surface area contributed by atoms with Crippen molar-refractivity contribution >= 4 is 29.9 Å². The molecule has 3 N–H and O–H groups in total. The number of benzene rings is 1. The van der Waals surface area contributed by atoms with Crippen LogP contribution in [-0.2, 0) is 6.54 Å². The molecule has 112 valence electrons. The van der Waals surface area contributed by atoms with Crippen molar-refractivity contribution in [2.24, 2.45) is 10.9 Å². The van der Waals surface area contributed by atoms with Crippen LogP contribution in [0.25, 0.3) is 0 Å². The summed E-state index contributed by atoms with van der Waals surface area (Å²) in [4.78, 5) is 4.42. The minimum absolute atomic E-state index is 0. The van der Waals surface area contributed by atoms with Gasteiger partial charge < -0.3 is 15.7 Å². The van der Waals surface area contributed by atoms with Crippen LogP contribution in [0.1, 0.15) is 25.8 Å². The molecule has 1 aliphatic carbocycles. The van der Waals surface area contributed by atoms with Crippen molar-refractivity contribution in [3.63, 3.8) is 0 Å². The van der Waals surface area contributed by atoms with Gasteiger partial charge in [-0.25, -0.2) is 9.38 Å². The van der Waals surface area contributed by atoms with Gasteiger partial charge in [0.15, 0.2) is 17.5 Å². The summed E-state index contributed by atoms with van der Waals surface area (Å²) in [6.45, 7) is 5.37. The summed E-state index contributed by atoms with van der Waals surface area (Å²) < 4.78 is 13.2. The van der Waals surface area contributed by atoms with Gasteiger partial charge in [0.1, 0.15) is 0 Å². The van der Waals surface area contributed by atoms with Crippen LogP contribution in [0.3, 0.4) is 0 Å². The highest BCUT2D eigenvalue weighted by atomic mass is 127. The fraction of sp³-hybridized carbons (Fsp3) is 0.500. The summed E-state index contributed by atoms with van der Waals surface area (Å²) in [6, 6.07) is 4.83. The van der Waals surface area contributed by atoms with Gasteiger partial charge in [0.05, 0.1) is 6.54 Å². The summed E-state index contributed by atoms with van der Waals surface area (Å²) >= 11 is 0. The minimum atomic E-state index is -0.610. The molecule has 0 aromatic heterocycles. The lowest BCUT2D eigenvalue weighted by Crippen LogP contribution is -2.39. The first-order valence-electron chi connectivity index (χ1n) is 6.62. The number of aromatic hydroxyl groups is 1. The highest BCUT2D eigenvalue weighted by Crippen LogP contribution is 2.28. The van der Waals surface area contributed by atoms with Crippen molar-refractivity contribution in [3.05, 3.63) is 29.6 Å². The summed E-state index contributed by atoms with van der Waals surface area (Å²) in [5, 5.41) is 15.6. The third-order valence-electron chi connectivity index (χ3n) is 3.21. The highest BCUT2D eigenvalue weighted by molar-refractivity contribution is 14.0.